The smallest absolute Gasteiger partial charge is 0.258 e. The van der Waals surface area contributed by atoms with Gasteiger partial charge in [-0.3, -0.25) is 9.20 Å². The standard InChI is InChI=1S/C17H15BrClN3O/c1-11(12-3-2-4-14(19)7-12)20-9-15-8-17(23)22-10-13(18)5-6-16(22)21-15/h2-8,10-11,20H,9H2,1H3/p+1/t11-/m1/s1. The van der Waals surface area contributed by atoms with Gasteiger partial charge in [0.25, 0.3) is 5.56 Å². The molecule has 1 atom stereocenters. The van der Waals surface area contributed by atoms with Crippen LogP contribution in [0, 0.1) is 0 Å². The summed E-state index contributed by atoms with van der Waals surface area (Å²) in [6, 6.07) is 13.3. The van der Waals surface area contributed by atoms with Gasteiger partial charge in [-0.25, -0.2) is 4.98 Å². The summed E-state index contributed by atoms with van der Waals surface area (Å²) >= 11 is 9.39. The van der Waals surface area contributed by atoms with E-state index >= 15 is 0 Å². The van der Waals surface area contributed by atoms with Crippen LogP contribution in [0.4, 0.5) is 0 Å². The minimum Gasteiger partial charge on any atom is -0.335 e. The molecule has 3 aromatic rings. The van der Waals surface area contributed by atoms with Crippen molar-refractivity contribution >= 4 is 33.2 Å². The number of aromatic nitrogens is 2. The van der Waals surface area contributed by atoms with Crippen LogP contribution in [0.5, 0.6) is 0 Å². The Labute approximate surface area is 147 Å². The fourth-order valence-corrected chi connectivity index (χ4v) is 2.99. The molecule has 0 radical (unpaired) electrons. The van der Waals surface area contributed by atoms with E-state index in [4.69, 9.17) is 11.6 Å². The Hall–Kier alpha value is -1.69. The second-order valence-electron chi connectivity index (χ2n) is 5.44. The van der Waals surface area contributed by atoms with E-state index in [2.05, 4.69) is 33.2 Å². The highest BCUT2D eigenvalue weighted by atomic mass is 79.9. The molecule has 0 saturated heterocycles. The molecule has 0 fully saturated rings. The van der Waals surface area contributed by atoms with Crippen molar-refractivity contribution in [1.82, 2.24) is 9.38 Å². The topological polar surface area (TPSA) is 51.0 Å². The molecule has 2 heterocycles. The van der Waals surface area contributed by atoms with E-state index in [1.165, 1.54) is 4.40 Å². The third-order valence-corrected chi connectivity index (χ3v) is 4.44. The fraction of sp³-hybridized carbons (Fsp3) is 0.176. The molecule has 0 aliphatic rings. The SMILES string of the molecule is C[C@@H]([NH2+]Cc1cc(=O)n2cc(Br)ccc2n1)c1cccc(Cl)c1. The van der Waals surface area contributed by atoms with Gasteiger partial charge in [0.2, 0.25) is 0 Å². The lowest BCUT2D eigenvalue weighted by atomic mass is 10.1. The molecule has 4 nitrogen and oxygen atoms in total. The number of hydrogen-bond acceptors (Lipinski definition) is 2. The van der Waals surface area contributed by atoms with Crippen LogP contribution in [0.25, 0.3) is 5.65 Å². The molecular formula is C17H16BrClN3O+. The van der Waals surface area contributed by atoms with Crippen molar-refractivity contribution in [3.63, 3.8) is 0 Å². The minimum absolute atomic E-state index is 0.0740. The second-order valence-corrected chi connectivity index (χ2v) is 6.80. The molecule has 0 aliphatic carbocycles. The average molecular weight is 394 g/mol. The first-order valence-corrected chi connectivity index (χ1v) is 8.46. The molecule has 0 amide bonds. The molecule has 3 rings (SSSR count). The van der Waals surface area contributed by atoms with Crippen molar-refractivity contribution in [2.75, 3.05) is 0 Å². The third kappa shape index (κ3) is 3.80. The van der Waals surface area contributed by atoms with Gasteiger partial charge in [-0.15, -0.1) is 0 Å². The minimum atomic E-state index is -0.0740. The van der Waals surface area contributed by atoms with Crippen molar-refractivity contribution in [2.24, 2.45) is 0 Å². The zero-order chi connectivity index (χ0) is 16.4. The van der Waals surface area contributed by atoms with Crippen LogP contribution in [0.15, 0.2) is 57.9 Å². The summed E-state index contributed by atoms with van der Waals surface area (Å²) in [5.41, 5.74) is 2.50. The molecule has 0 aliphatic heterocycles. The highest BCUT2D eigenvalue weighted by Crippen LogP contribution is 2.15. The van der Waals surface area contributed by atoms with Crippen LogP contribution in [0.1, 0.15) is 24.2 Å². The summed E-state index contributed by atoms with van der Waals surface area (Å²) in [6.45, 7) is 2.74. The molecule has 0 saturated carbocycles. The second kappa shape index (κ2) is 6.83. The Kier molecular flexibility index (Phi) is 4.80. The maximum absolute atomic E-state index is 12.2. The van der Waals surface area contributed by atoms with E-state index < -0.39 is 0 Å². The van der Waals surface area contributed by atoms with Crippen molar-refractivity contribution < 1.29 is 5.32 Å². The summed E-state index contributed by atoms with van der Waals surface area (Å²) < 4.78 is 2.39. The first-order valence-electron chi connectivity index (χ1n) is 7.29. The molecule has 118 valence electrons. The van der Waals surface area contributed by atoms with Gasteiger partial charge in [-0.2, -0.15) is 0 Å². The van der Waals surface area contributed by atoms with Crippen LogP contribution in [0.2, 0.25) is 5.02 Å². The lowest BCUT2D eigenvalue weighted by Crippen LogP contribution is -2.83. The Morgan fingerprint density at radius 1 is 1.30 bits per heavy atom. The first-order chi connectivity index (χ1) is 11.0. The number of quaternary nitrogens is 1. The molecule has 23 heavy (non-hydrogen) atoms. The van der Waals surface area contributed by atoms with Crippen LogP contribution in [-0.4, -0.2) is 9.38 Å². The molecule has 0 bridgehead atoms. The highest BCUT2D eigenvalue weighted by molar-refractivity contribution is 9.10. The highest BCUT2D eigenvalue weighted by Gasteiger charge is 2.11. The number of rotatable bonds is 4. The number of nitrogens with zero attached hydrogens (tertiary/aromatic N) is 2. The van der Waals surface area contributed by atoms with Gasteiger partial charge >= 0.3 is 0 Å². The summed E-state index contributed by atoms with van der Waals surface area (Å²) in [6.07, 6.45) is 1.73. The van der Waals surface area contributed by atoms with E-state index in [-0.39, 0.29) is 11.6 Å². The van der Waals surface area contributed by atoms with Crippen molar-refractivity contribution in [2.45, 2.75) is 19.5 Å². The van der Waals surface area contributed by atoms with Gasteiger partial charge in [-0.05, 0) is 47.1 Å². The molecule has 1 aromatic carbocycles. The predicted molar refractivity (Wildman–Crippen MR) is 94.7 cm³/mol. The largest absolute Gasteiger partial charge is 0.335 e. The third-order valence-electron chi connectivity index (χ3n) is 3.73. The van der Waals surface area contributed by atoms with Crippen LogP contribution in [-0.2, 0) is 6.54 Å². The van der Waals surface area contributed by atoms with Gasteiger partial charge in [0.15, 0.2) is 0 Å². The first kappa shape index (κ1) is 16.2. The van der Waals surface area contributed by atoms with Crippen molar-refractivity contribution in [1.29, 1.82) is 0 Å². The molecule has 2 aromatic heterocycles. The molecule has 0 spiro atoms. The van der Waals surface area contributed by atoms with E-state index in [0.717, 1.165) is 20.8 Å². The molecule has 0 unspecified atom stereocenters. The number of pyridine rings is 1. The van der Waals surface area contributed by atoms with E-state index in [9.17, 15) is 4.79 Å². The average Bonchev–Trinajstić information content (AvgIpc) is 2.53. The summed E-state index contributed by atoms with van der Waals surface area (Å²) in [5, 5.41) is 2.87. The summed E-state index contributed by atoms with van der Waals surface area (Å²) in [5.74, 6) is 0. The lowest BCUT2D eigenvalue weighted by molar-refractivity contribution is -0.708. The van der Waals surface area contributed by atoms with Crippen molar-refractivity contribution in [3.05, 3.63) is 79.8 Å². The normalized spacial score (nSPS) is 12.5. The maximum atomic E-state index is 12.2. The van der Waals surface area contributed by atoms with Crippen LogP contribution < -0.4 is 10.9 Å². The lowest BCUT2D eigenvalue weighted by Gasteiger charge is -2.11. The Morgan fingerprint density at radius 2 is 2.13 bits per heavy atom. The predicted octanol–water partition coefficient (Wildman–Crippen LogP) is 2.94. The van der Waals surface area contributed by atoms with Crippen LogP contribution >= 0.6 is 27.5 Å². The van der Waals surface area contributed by atoms with E-state index in [1.54, 1.807) is 12.3 Å². The van der Waals surface area contributed by atoms with Gasteiger partial charge in [0.05, 0.1) is 0 Å². The summed E-state index contributed by atoms with van der Waals surface area (Å²) in [4.78, 5) is 16.7. The van der Waals surface area contributed by atoms with Gasteiger partial charge in [-0.1, -0.05) is 23.7 Å². The number of fused-ring (bicyclic) bond motifs is 1. The number of nitrogens with two attached hydrogens (primary N) is 1. The quantitative estimate of drug-likeness (QED) is 0.741. The molecule has 6 heteroatoms. The van der Waals surface area contributed by atoms with Gasteiger partial charge in [0, 0.05) is 27.3 Å². The number of hydrogen-bond donors (Lipinski definition) is 1. The molecule has 2 N–H and O–H groups in total. The number of halogens is 2. The summed E-state index contributed by atoms with van der Waals surface area (Å²) in [7, 11) is 0. The van der Waals surface area contributed by atoms with Crippen LogP contribution in [0.3, 0.4) is 0 Å². The molecular weight excluding hydrogens is 378 g/mol. The van der Waals surface area contributed by atoms with Gasteiger partial charge < -0.3 is 5.32 Å². The fourth-order valence-electron chi connectivity index (χ4n) is 2.45. The Balaban J connectivity index is 1.79. The van der Waals surface area contributed by atoms with Gasteiger partial charge in [0.1, 0.15) is 23.9 Å². The van der Waals surface area contributed by atoms with E-state index in [1.807, 2.05) is 36.4 Å². The van der Waals surface area contributed by atoms with Crippen molar-refractivity contribution in [3.8, 4) is 0 Å². The Bertz CT molecular complexity index is 910. The Morgan fingerprint density at radius 3 is 2.91 bits per heavy atom. The number of benzene rings is 1. The monoisotopic (exact) mass is 392 g/mol. The zero-order valence-electron chi connectivity index (χ0n) is 12.5. The maximum Gasteiger partial charge on any atom is 0.258 e. The zero-order valence-corrected chi connectivity index (χ0v) is 14.9. The van der Waals surface area contributed by atoms with E-state index in [0.29, 0.717) is 12.2 Å².